The van der Waals surface area contributed by atoms with Gasteiger partial charge in [-0.2, -0.15) is 0 Å². The average molecular weight is 360 g/mol. The Labute approximate surface area is 131 Å². The Hall–Kier alpha value is -0.640. The molecule has 0 unspecified atom stereocenters. The number of benzene rings is 1. The Morgan fingerprint density at radius 2 is 1.84 bits per heavy atom. The Kier molecular flexibility index (Phi) is 4.82. The zero-order valence-corrected chi connectivity index (χ0v) is 13.7. The topological polar surface area (TPSA) is 25.8 Å². The fourth-order valence-corrected chi connectivity index (χ4v) is 2.79. The highest BCUT2D eigenvalue weighted by molar-refractivity contribution is 9.10. The first-order valence-corrected chi connectivity index (χ1v) is 7.49. The largest absolute Gasteiger partial charge is 0.236 e. The molecule has 2 nitrogen and oxygen atoms in total. The molecule has 0 atom stereocenters. The highest BCUT2D eigenvalue weighted by atomic mass is 79.9. The first-order chi connectivity index (χ1) is 8.99. The van der Waals surface area contributed by atoms with Crippen LogP contribution < -0.4 is 0 Å². The van der Waals surface area contributed by atoms with E-state index in [9.17, 15) is 0 Å². The standard InChI is InChI=1S/C14H13BrCl2N2/c1-8(2)13-12(15)14(17)19-11(18-13)7-9-5-3-4-6-10(9)16/h3-6,8H,7H2,1-2H3. The van der Waals surface area contributed by atoms with Crippen LogP contribution in [0.1, 0.15) is 36.8 Å². The molecule has 0 aliphatic carbocycles. The van der Waals surface area contributed by atoms with E-state index in [1.54, 1.807) is 0 Å². The lowest BCUT2D eigenvalue weighted by Gasteiger charge is -2.11. The number of nitrogens with zero attached hydrogens (tertiary/aromatic N) is 2. The highest BCUT2D eigenvalue weighted by Gasteiger charge is 2.14. The number of hydrogen-bond acceptors (Lipinski definition) is 2. The fourth-order valence-electron chi connectivity index (χ4n) is 1.75. The van der Waals surface area contributed by atoms with Crippen LogP contribution in [0, 0.1) is 0 Å². The van der Waals surface area contributed by atoms with Crippen molar-refractivity contribution in [3.05, 3.63) is 56.0 Å². The zero-order chi connectivity index (χ0) is 14.0. The molecule has 1 aromatic heterocycles. The van der Waals surface area contributed by atoms with Crippen LogP contribution >= 0.6 is 39.1 Å². The molecular weight excluding hydrogens is 347 g/mol. The maximum atomic E-state index is 6.15. The highest BCUT2D eigenvalue weighted by Crippen LogP contribution is 2.29. The third-order valence-corrected chi connectivity index (χ3v) is 4.39. The molecule has 1 aromatic carbocycles. The first-order valence-electron chi connectivity index (χ1n) is 5.94. The van der Waals surface area contributed by atoms with Gasteiger partial charge < -0.3 is 0 Å². The predicted octanol–water partition coefficient (Wildman–Crippen LogP) is 5.26. The summed E-state index contributed by atoms with van der Waals surface area (Å²) in [5.74, 6) is 0.963. The molecule has 0 fully saturated rings. The van der Waals surface area contributed by atoms with E-state index in [4.69, 9.17) is 23.2 Å². The summed E-state index contributed by atoms with van der Waals surface area (Å²) in [6.07, 6.45) is 0.576. The maximum Gasteiger partial charge on any atom is 0.147 e. The fraction of sp³-hybridized carbons (Fsp3) is 0.286. The van der Waals surface area contributed by atoms with Gasteiger partial charge in [0.15, 0.2) is 0 Å². The maximum absolute atomic E-state index is 6.15. The van der Waals surface area contributed by atoms with E-state index in [0.717, 1.165) is 20.8 Å². The lowest BCUT2D eigenvalue weighted by atomic mass is 10.1. The monoisotopic (exact) mass is 358 g/mol. The van der Waals surface area contributed by atoms with Crippen molar-refractivity contribution in [2.45, 2.75) is 26.2 Å². The van der Waals surface area contributed by atoms with E-state index in [2.05, 4.69) is 39.7 Å². The Bertz CT molecular complexity index is 600. The molecule has 2 aromatic rings. The second-order valence-electron chi connectivity index (χ2n) is 4.55. The number of aromatic nitrogens is 2. The van der Waals surface area contributed by atoms with E-state index in [-0.39, 0.29) is 5.92 Å². The second kappa shape index (κ2) is 6.21. The minimum Gasteiger partial charge on any atom is -0.236 e. The lowest BCUT2D eigenvalue weighted by molar-refractivity contribution is 0.784. The van der Waals surface area contributed by atoms with Crippen molar-refractivity contribution in [1.82, 2.24) is 9.97 Å². The number of halogens is 3. The second-order valence-corrected chi connectivity index (χ2v) is 6.11. The average Bonchev–Trinajstić information content (AvgIpc) is 2.36. The molecule has 0 N–H and O–H groups in total. The van der Waals surface area contributed by atoms with Crippen molar-refractivity contribution >= 4 is 39.1 Å². The molecule has 19 heavy (non-hydrogen) atoms. The summed E-state index contributed by atoms with van der Waals surface area (Å²) >= 11 is 15.7. The molecule has 0 aliphatic heterocycles. The van der Waals surface area contributed by atoms with Gasteiger partial charge in [0.05, 0.1) is 10.2 Å². The van der Waals surface area contributed by atoms with Crippen LogP contribution in [-0.2, 0) is 6.42 Å². The van der Waals surface area contributed by atoms with Gasteiger partial charge in [-0.25, -0.2) is 9.97 Å². The number of rotatable bonds is 3. The third kappa shape index (κ3) is 3.47. The summed E-state index contributed by atoms with van der Waals surface area (Å²) in [4.78, 5) is 8.87. The van der Waals surface area contributed by atoms with Crippen LogP contribution in [0.3, 0.4) is 0 Å². The summed E-state index contributed by atoms with van der Waals surface area (Å²) in [6, 6.07) is 7.68. The molecular formula is C14H13BrCl2N2. The van der Waals surface area contributed by atoms with Gasteiger partial charge in [0, 0.05) is 11.4 Å². The van der Waals surface area contributed by atoms with E-state index in [1.165, 1.54) is 0 Å². The Morgan fingerprint density at radius 3 is 2.47 bits per heavy atom. The number of hydrogen-bond donors (Lipinski definition) is 0. The zero-order valence-electron chi connectivity index (χ0n) is 10.6. The van der Waals surface area contributed by atoms with Crippen LogP contribution in [0.15, 0.2) is 28.7 Å². The summed E-state index contributed by atoms with van der Waals surface area (Å²) in [5, 5.41) is 1.16. The molecule has 100 valence electrons. The first kappa shape index (κ1) is 14.8. The van der Waals surface area contributed by atoms with E-state index >= 15 is 0 Å². The third-order valence-electron chi connectivity index (χ3n) is 2.74. The molecule has 0 saturated heterocycles. The van der Waals surface area contributed by atoms with Gasteiger partial charge in [-0.3, -0.25) is 0 Å². The quantitative estimate of drug-likeness (QED) is 0.698. The minimum atomic E-state index is 0.278. The summed E-state index contributed by atoms with van der Waals surface area (Å²) in [7, 11) is 0. The predicted molar refractivity (Wildman–Crippen MR) is 83.1 cm³/mol. The smallest absolute Gasteiger partial charge is 0.147 e. The van der Waals surface area contributed by atoms with Gasteiger partial charge in [-0.15, -0.1) is 0 Å². The van der Waals surface area contributed by atoms with Crippen molar-refractivity contribution in [3.8, 4) is 0 Å². The molecule has 1 heterocycles. The molecule has 0 amide bonds. The van der Waals surface area contributed by atoms with Crippen molar-refractivity contribution in [1.29, 1.82) is 0 Å². The van der Waals surface area contributed by atoms with Crippen LogP contribution in [0.4, 0.5) is 0 Å². The van der Waals surface area contributed by atoms with Crippen molar-refractivity contribution < 1.29 is 0 Å². The van der Waals surface area contributed by atoms with E-state index in [0.29, 0.717) is 17.4 Å². The van der Waals surface area contributed by atoms with Crippen molar-refractivity contribution in [2.75, 3.05) is 0 Å². The molecule has 0 bridgehead atoms. The molecule has 0 spiro atoms. The summed E-state index contributed by atoms with van der Waals surface area (Å²) < 4.78 is 0.770. The van der Waals surface area contributed by atoms with Crippen LogP contribution in [0.25, 0.3) is 0 Å². The molecule has 5 heteroatoms. The van der Waals surface area contributed by atoms with E-state index < -0.39 is 0 Å². The Morgan fingerprint density at radius 1 is 1.16 bits per heavy atom. The van der Waals surface area contributed by atoms with Crippen molar-refractivity contribution in [2.24, 2.45) is 0 Å². The summed E-state index contributed by atoms with van der Waals surface area (Å²) in [5.41, 5.74) is 1.92. The van der Waals surface area contributed by atoms with Crippen LogP contribution in [-0.4, -0.2) is 9.97 Å². The van der Waals surface area contributed by atoms with Gasteiger partial charge >= 0.3 is 0 Å². The van der Waals surface area contributed by atoms with Gasteiger partial charge in [-0.1, -0.05) is 55.2 Å². The van der Waals surface area contributed by atoms with Crippen LogP contribution in [0.2, 0.25) is 10.2 Å². The Balaban J connectivity index is 2.39. The SMILES string of the molecule is CC(C)c1nc(Cc2ccccc2Cl)nc(Cl)c1Br. The van der Waals surface area contributed by atoms with Crippen LogP contribution in [0.5, 0.6) is 0 Å². The minimum absolute atomic E-state index is 0.278. The van der Waals surface area contributed by atoms with E-state index in [1.807, 2.05) is 24.3 Å². The van der Waals surface area contributed by atoms with Gasteiger partial charge in [0.25, 0.3) is 0 Å². The summed E-state index contributed by atoms with van der Waals surface area (Å²) in [6.45, 7) is 4.14. The van der Waals surface area contributed by atoms with Gasteiger partial charge in [0.1, 0.15) is 11.0 Å². The molecule has 0 aliphatic rings. The lowest BCUT2D eigenvalue weighted by Crippen LogP contribution is -2.04. The molecule has 0 radical (unpaired) electrons. The molecule has 0 saturated carbocycles. The normalized spacial score (nSPS) is 11.1. The molecule has 2 rings (SSSR count). The van der Waals surface area contributed by atoms with Gasteiger partial charge in [0.2, 0.25) is 0 Å². The van der Waals surface area contributed by atoms with Gasteiger partial charge in [-0.05, 0) is 33.5 Å². The van der Waals surface area contributed by atoms with Crippen molar-refractivity contribution in [3.63, 3.8) is 0 Å².